The van der Waals surface area contributed by atoms with Gasteiger partial charge in [0.25, 0.3) is 5.91 Å². The maximum absolute atomic E-state index is 13.3. The van der Waals surface area contributed by atoms with Crippen molar-refractivity contribution in [1.82, 2.24) is 15.0 Å². The Kier molecular flexibility index (Phi) is 4.40. The lowest BCUT2D eigenvalue weighted by Crippen LogP contribution is -2.14. The molecule has 1 amide bonds. The van der Waals surface area contributed by atoms with Crippen LogP contribution in [0.1, 0.15) is 10.5 Å². The van der Waals surface area contributed by atoms with E-state index < -0.39 is 5.91 Å². The van der Waals surface area contributed by atoms with Crippen molar-refractivity contribution >= 4 is 34.0 Å². The van der Waals surface area contributed by atoms with E-state index >= 15 is 0 Å². The molecule has 0 atom stereocenters. The number of aromatic nitrogens is 3. The first-order valence-corrected chi connectivity index (χ1v) is 8.19. The third kappa shape index (κ3) is 3.72. The number of fused-ring (bicyclic) bond motifs is 1. The molecule has 0 fully saturated rings. The van der Waals surface area contributed by atoms with Crippen LogP contribution in [0, 0.1) is 5.82 Å². The summed E-state index contributed by atoms with van der Waals surface area (Å²) in [5.74, 6) is -0.370. The first-order valence-electron chi connectivity index (χ1n) is 8.19. The summed E-state index contributed by atoms with van der Waals surface area (Å²) in [5, 5.41) is 6.69. The number of rotatable bonds is 4. The lowest BCUT2D eigenvalue weighted by Gasteiger charge is -2.09. The van der Waals surface area contributed by atoms with Gasteiger partial charge in [-0.25, -0.2) is 14.4 Å². The van der Waals surface area contributed by atoms with Gasteiger partial charge in [0.15, 0.2) is 0 Å². The van der Waals surface area contributed by atoms with E-state index in [1.165, 1.54) is 24.5 Å². The highest BCUT2D eigenvalue weighted by atomic mass is 19.1. The van der Waals surface area contributed by atoms with E-state index in [1.54, 1.807) is 24.4 Å². The minimum atomic E-state index is -0.391. The van der Waals surface area contributed by atoms with Crippen molar-refractivity contribution in [3.63, 3.8) is 0 Å². The zero-order valence-electron chi connectivity index (χ0n) is 14.1. The highest BCUT2D eigenvalue weighted by Gasteiger charge is 2.11. The van der Waals surface area contributed by atoms with E-state index in [0.717, 1.165) is 5.39 Å². The molecule has 0 aliphatic rings. The molecule has 0 bridgehead atoms. The minimum absolute atomic E-state index is 0.178. The molecular weight excluding hydrogens is 345 g/mol. The molecule has 6 nitrogen and oxygen atoms in total. The summed E-state index contributed by atoms with van der Waals surface area (Å²) in [6.45, 7) is 0. The number of anilines is 3. The fourth-order valence-corrected chi connectivity index (χ4v) is 2.66. The number of para-hydroxylation sites is 1. The van der Waals surface area contributed by atoms with Crippen LogP contribution in [0.3, 0.4) is 0 Å². The van der Waals surface area contributed by atoms with Gasteiger partial charge in [0.05, 0.1) is 11.2 Å². The molecule has 4 aromatic rings. The standard InChI is InChI=1S/C20H14FN5O/c21-14-6-2-7-15(10-14)25-18-11-17(23-12-24-18)20(27)26-16-8-1-4-13-5-3-9-22-19(13)16/h1-12H,(H,26,27)(H,23,24,25). The number of nitrogens with one attached hydrogen (secondary N) is 2. The van der Waals surface area contributed by atoms with Crippen molar-refractivity contribution in [3.8, 4) is 0 Å². The molecule has 132 valence electrons. The van der Waals surface area contributed by atoms with E-state index in [9.17, 15) is 9.18 Å². The summed E-state index contributed by atoms with van der Waals surface area (Å²) in [6.07, 6.45) is 2.95. The smallest absolute Gasteiger partial charge is 0.274 e. The first-order chi connectivity index (χ1) is 13.2. The van der Waals surface area contributed by atoms with E-state index in [-0.39, 0.29) is 11.5 Å². The molecule has 2 heterocycles. The van der Waals surface area contributed by atoms with E-state index in [4.69, 9.17) is 0 Å². The number of pyridine rings is 1. The number of hydrogen-bond acceptors (Lipinski definition) is 5. The third-order valence-electron chi connectivity index (χ3n) is 3.88. The Bertz CT molecular complexity index is 1130. The average molecular weight is 359 g/mol. The molecule has 2 aromatic heterocycles. The van der Waals surface area contributed by atoms with Gasteiger partial charge in [-0.15, -0.1) is 0 Å². The average Bonchev–Trinajstić information content (AvgIpc) is 2.68. The predicted octanol–water partition coefficient (Wildman–Crippen LogP) is 4.16. The van der Waals surface area contributed by atoms with Crippen molar-refractivity contribution in [2.45, 2.75) is 0 Å². The molecule has 27 heavy (non-hydrogen) atoms. The zero-order valence-corrected chi connectivity index (χ0v) is 14.1. The lowest BCUT2D eigenvalue weighted by atomic mass is 10.2. The van der Waals surface area contributed by atoms with Crippen LogP contribution in [0.2, 0.25) is 0 Å². The highest BCUT2D eigenvalue weighted by molar-refractivity contribution is 6.07. The SMILES string of the molecule is O=C(Nc1cccc2cccnc12)c1cc(Nc2cccc(F)c2)ncn1. The topological polar surface area (TPSA) is 79.8 Å². The Balaban J connectivity index is 1.57. The van der Waals surface area contributed by atoms with Gasteiger partial charge in [-0.05, 0) is 30.3 Å². The van der Waals surface area contributed by atoms with Gasteiger partial charge in [0.2, 0.25) is 0 Å². The second-order valence-corrected chi connectivity index (χ2v) is 5.76. The number of benzene rings is 2. The summed E-state index contributed by atoms with van der Waals surface area (Å²) in [5.41, 5.74) is 1.99. The van der Waals surface area contributed by atoms with Gasteiger partial charge < -0.3 is 10.6 Å². The highest BCUT2D eigenvalue weighted by Crippen LogP contribution is 2.21. The zero-order chi connectivity index (χ0) is 18.6. The van der Waals surface area contributed by atoms with Crippen molar-refractivity contribution in [1.29, 1.82) is 0 Å². The van der Waals surface area contributed by atoms with Crippen LogP contribution in [0.25, 0.3) is 10.9 Å². The summed E-state index contributed by atoms with van der Waals surface area (Å²) >= 11 is 0. The lowest BCUT2D eigenvalue weighted by molar-refractivity contribution is 0.102. The van der Waals surface area contributed by atoms with Crippen molar-refractivity contribution in [2.75, 3.05) is 10.6 Å². The van der Waals surface area contributed by atoms with Crippen LogP contribution in [0.5, 0.6) is 0 Å². The molecule has 0 radical (unpaired) electrons. The number of carbonyl (C=O) groups excluding carboxylic acids is 1. The maximum Gasteiger partial charge on any atom is 0.274 e. The van der Waals surface area contributed by atoms with Crippen molar-refractivity contribution in [2.24, 2.45) is 0 Å². The molecule has 0 aliphatic heterocycles. The molecular formula is C20H14FN5O. The van der Waals surface area contributed by atoms with Crippen LogP contribution in [-0.2, 0) is 0 Å². The van der Waals surface area contributed by atoms with Gasteiger partial charge in [0, 0.05) is 23.3 Å². The van der Waals surface area contributed by atoms with Crippen molar-refractivity contribution in [3.05, 3.63) is 84.7 Å². The Labute approximate surface area is 154 Å². The summed E-state index contributed by atoms with van der Waals surface area (Å²) in [6, 6.07) is 16.8. The largest absolute Gasteiger partial charge is 0.340 e. The van der Waals surface area contributed by atoms with Crippen LogP contribution in [0.15, 0.2) is 73.2 Å². The van der Waals surface area contributed by atoms with Gasteiger partial charge in [-0.2, -0.15) is 0 Å². The third-order valence-corrected chi connectivity index (χ3v) is 3.88. The first kappa shape index (κ1) is 16.6. The number of halogens is 1. The second-order valence-electron chi connectivity index (χ2n) is 5.76. The Hall–Kier alpha value is -3.87. The van der Waals surface area contributed by atoms with E-state index in [0.29, 0.717) is 22.7 Å². The number of amides is 1. The number of nitrogens with zero attached hydrogens (tertiary/aromatic N) is 3. The van der Waals surface area contributed by atoms with E-state index in [2.05, 4.69) is 25.6 Å². The molecule has 0 spiro atoms. The van der Waals surface area contributed by atoms with Crippen LogP contribution >= 0.6 is 0 Å². The van der Waals surface area contributed by atoms with Crippen LogP contribution in [-0.4, -0.2) is 20.9 Å². The Morgan fingerprint density at radius 2 is 1.78 bits per heavy atom. The molecule has 0 saturated carbocycles. The predicted molar refractivity (Wildman–Crippen MR) is 101 cm³/mol. The number of carbonyl (C=O) groups is 1. The van der Waals surface area contributed by atoms with Crippen molar-refractivity contribution < 1.29 is 9.18 Å². The summed E-state index contributed by atoms with van der Waals surface area (Å²) in [4.78, 5) is 25.0. The molecule has 2 N–H and O–H groups in total. The summed E-state index contributed by atoms with van der Waals surface area (Å²) in [7, 11) is 0. The monoisotopic (exact) mass is 359 g/mol. The normalized spacial score (nSPS) is 10.6. The Morgan fingerprint density at radius 1 is 0.926 bits per heavy atom. The Morgan fingerprint density at radius 3 is 2.67 bits per heavy atom. The van der Waals surface area contributed by atoms with Gasteiger partial charge in [-0.3, -0.25) is 9.78 Å². The van der Waals surface area contributed by atoms with Crippen LogP contribution < -0.4 is 10.6 Å². The van der Waals surface area contributed by atoms with Gasteiger partial charge in [0.1, 0.15) is 23.7 Å². The molecule has 0 aliphatic carbocycles. The molecule has 0 unspecified atom stereocenters. The van der Waals surface area contributed by atoms with E-state index in [1.807, 2.05) is 24.3 Å². The summed E-state index contributed by atoms with van der Waals surface area (Å²) < 4.78 is 13.3. The molecule has 0 saturated heterocycles. The molecule has 7 heteroatoms. The quantitative estimate of drug-likeness (QED) is 0.572. The molecule has 2 aromatic carbocycles. The van der Waals surface area contributed by atoms with Gasteiger partial charge in [-0.1, -0.05) is 24.3 Å². The second kappa shape index (κ2) is 7.17. The maximum atomic E-state index is 13.3. The van der Waals surface area contributed by atoms with Gasteiger partial charge >= 0.3 is 0 Å². The molecule has 4 rings (SSSR count). The number of hydrogen-bond donors (Lipinski definition) is 2. The fraction of sp³-hybridized carbons (Fsp3) is 0. The minimum Gasteiger partial charge on any atom is -0.340 e. The fourth-order valence-electron chi connectivity index (χ4n) is 2.66. The van der Waals surface area contributed by atoms with Crippen LogP contribution in [0.4, 0.5) is 21.6 Å².